The molecule has 1 aliphatic heterocycles. The molecule has 1 aliphatic rings. The van der Waals surface area contributed by atoms with Gasteiger partial charge in [0.25, 0.3) is 0 Å². The minimum absolute atomic E-state index is 0.111. The molecule has 0 unspecified atom stereocenters. The Bertz CT molecular complexity index is 1650. The van der Waals surface area contributed by atoms with Crippen molar-refractivity contribution in [3.63, 3.8) is 0 Å². The highest BCUT2D eigenvalue weighted by Crippen LogP contribution is 2.45. The molecule has 1 amide bonds. The Labute approximate surface area is 261 Å². The van der Waals surface area contributed by atoms with Gasteiger partial charge in [0.15, 0.2) is 5.75 Å². The molecule has 0 aliphatic carbocycles. The van der Waals surface area contributed by atoms with Crippen molar-refractivity contribution in [3.8, 4) is 17.2 Å². The van der Waals surface area contributed by atoms with Crippen LogP contribution in [0.5, 0.6) is 17.2 Å². The first-order valence-corrected chi connectivity index (χ1v) is 16.1. The zero-order valence-corrected chi connectivity index (χ0v) is 26.9. The standard InChI is InChI=1S/C31H38F3N5O5S/c1-20-7-8-23(18-27(20)44-24-9-10-36-22(17-24)19-38-13-11-35-12-14-38)39(29(40)31(32,33)34)26-16-21(30(2,3)4)15-25(28(26)43-5)37-45(6,41)42/h7-10,15-18,35,37H,11-14,19H2,1-6H3. The van der Waals surface area contributed by atoms with E-state index in [1.807, 2.05) is 20.8 Å². The summed E-state index contributed by atoms with van der Waals surface area (Å²) >= 11 is 0. The number of aryl methyl sites for hydroxylation is 1. The van der Waals surface area contributed by atoms with E-state index >= 15 is 0 Å². The SMILES string of the molecule is COc1c(NS(C)(=O)=O)cc(C(C)(C)C)cc1N(C(=O)C(F)(F)F)c1ccc(C)c(Oc2ccnc(CN3CCNCC3)c2)c1. The maximum atomic E-state index is 14.2. The number of pyridine rings is 1. The molecule has 1 aromatic heterocycles. The molecule has 0 radical (unpaired) electrons. The molecule has 0 spiro atoms. The molecule has 2 aromatic carbocycles. The Morgan fingerprint density at radius 1 is 1.09 bits per heavy atom. The molecule has 4 rings (SSSR count). The average Bonchev–Trinajstić information content (AvgIpc) is 2.93. The molecule has 2 N–H and O–H groups in total. The Kier molecular flexibility index (Phi) is 10.00. The predicted octanol–water partition coefficient (Wildman–Crippen LogP) is 5.49. The van der Waals surface area contributed by atoms with Gasteiger partial charge in [0.05, 0.1) is 36.1 Å². The van der Waals surface area contributed by atoms with Crippen LogP contribution >= 0.6 is 0 Å². The third-order valence-corrected chi connectivity index (χ3v) is 7.75. The number of methoxy groups -OCH3 is 1. The fourth-order valence-corrected chi connectivity index (χ4v) is 5.42. The summed E-state index contributed by atoms with van der Waals surface area (Å²) in [6.07, 6.45) is -2.78. The van der Waals surface area contributed by atoms with Gasteiger partial charge in [-0.15, -0.1) is 0 Å². The average molecular weight is 650 g/mol. The number of halogens is 3. The summed E-state index contributed by atoms with van der Waals surface area (Å²) in [5, 5.41) is 3.30. The van der Waals surface area contributed by atoms with Gasteiger partial charge >= 0.3 is 12.1 Å². The second-order valence-corrected chi connectivity index (χ2v) is 13.6. The molecule has 244 valence electrons. The van der Waals surface area contributed by atoms with E-state index in [1.165, 1.54) is 31.4 Å². The Balaban J connectivity index is 1.83. The van der Waals surface area contributed by atoms with Gasteiger partial charge < -0.3 is 14.8 Å². The highest BCUT2D eigenvalue weighted by atomic mass is 32.2. The van der Waals surface area contributed by atoms with Crippen LogP contribution < -0.4 is 24.4 Å². The van der Waals surface area contributed by atoms with E-state index in [4.69, 9.17) is 9.47 Å². The lowest BCUT2D eigenvalue weighted by atomic mass is 9.86. The van der Waals surface area contributed by atoms with E-state index in [2.05, 4.69) is 19.9 Å². The first-order chi connectivity index (χ1) is 21.0. The molecular weight excluding hydrogens is 611 g/mol. The molecule has 10 nitrogen and oxygen atoms in total. The number of amides is 1. The second kappa shape index (κ2) is 13.2. The number of hydrogen-bond donors (Lipinski definition) is 2. The number of carbonyl (C=O) groups is 1. The van der Waals surface area contributed by atoms with Gasteiger partial charge in [-0.1, -0.05) is 26.8 Å². The number of carbonyl (C=O) groups excluding carboxylic acids is 1. The fraction of sp³-hybridized carbons (Fsp3) is 0.419. The molecule has 2 heterocycles. The van der Waals surface area contributed by atoms with Crippen LogP contribution in [0, 0.1) is 6.92 Å². The third kappa shape index (κ3) is 8.65. The summed E-state index contributed by atoms with van der Waals surface area (Å²) in [6.45, 7) is 11.3. The normalized spacial score (nSPS) is 14.6. The maximum Gasteiger partial charge on any atom is 0.472 e. The zero-order chi connectivity index (χ0) is 33.2. The van der Waals surface area contributed by atoms with Crippen LogP contribution in [0.25, 0.3) is 0 Å². The van der Waals surface area contributed by atoms with Crippen molar-refractivity contribution in [2.75, 3.05) is 49.2 Å². The van der Waals surface area contributed by atoms with E-state index in [0.717, 1.165) is 38.1 Å². The number of sulfonamides is 1. The van der Waals surface area contributed by atoms with E-state index in [9.17, 15) is 26.4 Å². The van der Waals surface area contributed by atoms with Gasteiger partial charge in [-0.25, -0.2) is 8.42 Å². The molecule has 1 fully saturated rings. The van der Waals surface area contributed by atoms with Gasteiger partial charge in [-0.05, 0) is 47.7 Å². The van der Waals surface area contributed by atoms with Crippen molar-refractivity contribution in [1.82, 2.24) is 15.2 Å². The summed E-state index contributed by atoms with van der Waals surface area (Å²) in [7, 11) is -2.69. The van der Waals surface area contributed by atoms with E-state index in [1.54, 1.807) is 31.3 Å². The van der Waals surface area contributed by atoms with Crippen molar-refractivity contribution < 1.29 is 35.9 Å². The molecule has 1 saturated heterocycles. The van der Waals surface area contributed by atoms with Crippen LogP contribution in [0.2, 0.25) is 0 Å². The highest BCUT2D eigenvalue weighted by molar-refractivity contribution is 7.92. The number of piperazine rings is 1. The summed E-state index contributed by atoms with van der Waals surface area (Å²) in [4.78, 5) is 20.3. The van der Waals surface area contributed by atoms with Gasteiger partial charge in [-0.2, -0.15) is 13.2 Å². The van der Waals surface area contributed by atoms with E-state index in [-0.39, 0.29) is 28.6 Å². The van der Waals surface area contributed by atoms with Crippen LogP contribution in [-0.2, 0) is 26.8 Å². The van der Waals surface area contributed by atoms with Gasteiger partial charge in [0.1, 0.15) is 11.5 Å². The zero-order valence-electron chi connectivity index (χ0n) is 26.1. The van der Waals surface area contributed by atoms with Crippen molar-refractivity contribution in [2.24, 2.45) is 0 Å². The smallest absolute Gasteiger partial charge is 0.472 e. The van der Waals surface area contributed by atoms with Crippen LogP contribution in [0.3, 0.4) is 0 Å². The molecule has 45 heavy (non-hydrogen) atoms. The van der Waals surface area contributed by atoms with Crippen LogP contribution in [0.1, 0.15) is 37.6 Å². The van der Waals surface area contributed by atoms with Crippen molar-refractivity contribution in [2.45, 2.75) is 45.8 Å². The fourth-order valence-electron chi connectivity index (χ4n) is 4.86. The molecule has 14 heteroatoms. The lowest BCUT2D eigenvalue weighted by Crippen LogP contribution is -2.43. The summed E-state index contributed by atoms with van der Waals surface area (Å²) < 4.78 is 80.9. The van der Waals surface area contributed by atoms with E-state index in [0.29, 0.717) is 28.3 Å². The lowest BCUT2D eigenvalue weighted by Gasteiger charge is -2.30. The topological polar surface area (TPSA) is 113 Å². The van der Waals surface area contributed by atoms with Crippen molar-refractivity contribution in [3.05, 3.63) is 65.5 Å². The van der Waals surface area contributed by atoms with Crippen molar-refractivity contribution in [1.29, 1.82) is 0 Å². The monoisotopic (exact) mass is 649 g/mol. The first-order valence-electron chi connectivity index (χ1n) is 14.2. The number of nitrogens with zero attached hydrogens (tertiary/aromatic N) is 3. The number of aromatic nitrogens is 1. The van der Waals surface area contributed by atoms with Crippen molar-refractivity contribution >= 4 is 33.0 Å². The number of nitrogens with one attached hydrogen (secondary N) is 2. The third-order valence-electron chi connectivity index (χ3n) is 7.16. The summed E-state index contributed by atoms with van der Waals surface area (Å²) in [5.74, 6) is -1.82. The van der Waals surface area contributed by atoms with Crippen LogP contribution in [0.4, 0.5) is 30.2 Å². The summed E-state index contributed by atoms with van der Waals surface area (Å²) in [5.41, 5.74) is 0.618. The molecule has 0 bridgehead atoms. The Hall–Kier alpha value is -3.88. The first kappa shape index (κ1) is 34.0. The number of benzene rings is 2. The van der Waals surface area contributed by atoms with E-state index < -0.39 is 27.5 Å². The number of ether oxygens (including phenoxy) is 2. The lowest BCUT2D eigenvalue weighted by molar-refractivity contribution is -0.169. The largest absolute Gasteiger partial charge is 0.492 e. The Morgan fingerprint density at radius 3 is 2.38 bits per heavy atom. The van der Waals surface area contributed by atoms with Crippen LogP contribution in [0.15, 0.2) is 48.7 Å². The van der Waals surface area contributed by atoms with Gasteiger partial charge in [-0.3, -0.25) is 24.3 Å². The number of anilines is 3. The summed E-state index contributed by atoms with van der Waals surface area (Å²) in [6, 6.07) is 10.5. The highest BCUT2D eigenvalue weighted by Gasteiger charge is 2.45. The van der Waals surface area contributed by atoms with Gasteiger partial charge in [0, 0.05) is 51.1 Å². The molecule has 3 aromatic rings. The van der Waals surface area contributed by atoms with Gasteiger partial charge in [0.2, 0.25) is 10.0 Å². The second-order valence-electron chi connectivity index (χ2n) is 11.9. The number of hydrogen-bond acceptors (Lipinski definition) is 8. The van der Waals surface area contributed by atoms with Crippen LogP contribution in [-0.4, -0.2) is 69.9 Å². The quantitative estimate of drug-likeness (QED) is 0.313. The minimum atomic E-state index is -5.29. The molecule has 0 saturated carbocycles. The Morgan fingerprint density at radius 2 is 1.78 bits per heavy atom. The molecular formula is C31H38F3N5O5S. The maximum absolute atomic E-state index is 14.2. The number of alkyl halides is 3. The predicted molar refractivity (Wildman–Crippen MR) is 167 cm³/mol. The molecule has 0 atom stereocenters. The number of rotatable bonds is 9. The minimum Gasteiger partial charge on any atom is -0.492 e.